The van der Waals surface area contributed by atoms with Crippen molar-refractivity contribution in [2.75, 3.05) is 13.2 Å². The van der Waals surface area contributed by atoms with Gasteiger partial charge >= 0.3 is 47.8 Å². The zero-order valence-corrected chi connectivity index (χ0v) is 66.2. The van der Waals surface area contributed by atoms with Crippen LogP contribution in [-0.4, -0.2) is 205 Å². The van der Waals surface area contributed by atoms with Crippen LogP contribution in [0.2, 0.25) is 0 Å². The number of aliphatic hydroxyl groups is 6. The minimum Gasteiger partial charge on any atom is -0.456 e. The van der Waals surface area contributed by atoms with E-state index < -0.39 is 219 Å². The zero-order chi connectivity index (χ0) is 84.5. The Labute approximate surface area is 669 Å². The number of benzene rings is 5. The third-order valence-corrected chi connectivity index (χ3v) is 25.7. The fraction of sp³-hybridized carbons (Fsp3) is 0.483. The monoisotopic (exact) mass is 1600 g/mol. The molecule has 618 valence electrons. The second kappa shape index (κ2) is 32.0. The lowest BCUT2D eigenvalue weighted by Crippen LogP contribution is -2.82. The number of esters is 8. The summed E-state index contributed by atoms with van der Waals surface area (Å²) in [5.41, 5.74) is -7.62. The topological polar surface area (TPSA) is 440 Å². The second-order valence-electron chi connectivity index (χ2n) is 32.9. The average Bonchev–Trinajstić information content (AvgIpc) is 0.672. The molecule has 13 rings (SSSR count). The van der Waals surface area contributed by atoms with Gasteiger partial charge in [-0.2, -0.15) is 0 Å². The van der Waals surface area contributed by atoms with E-state index in [1.165, 1.54) is 45.0 Å². The molecule has 2 heterocycles. The quantitative estimate of drug-likeness (QED) is 0.0283. The maximum atomic E-state index is 15.5. The van der Waals surface area contributed by atoms with Crippen LogP contribution in [0.3, 0.4) is 0 Å². The Hall–Kier alpha value is -10.2. The summed E-state index contributed by atoms with van der Waals surface area (Å²) in [6.07, 6.45) is -20.5. The number of fused-ring (bicyclic) bond motifs is 10. The van der Waals surface area contributed by atoms with E-state index in [1.807, 2.05) is 0 Å². The van der Waals surface area contributed by atoms with Crippen molar-refractivity contribution < 1.29 is 131 Å². The van der Waals surface area contributed by atoms with Crippen molar-refractivity contribution in [3.8, 4) is 0 Å². The van der Waals surface area contributed by atoms with E-state index in [-0.39, 0.29) is 65.0 Å². The van der Waals surface area contributed by atoms with Crippen LogP contribution in [-0.2, 0) is 85.7 Å². The van der Waals surface area contributed by atoms with E-state index in [4.69, 9.17) is 53.1 Å². The lowest BCUT2D eigenvalue weighted by molar-refractivity contribution is -0.346. The summed E-state index contributed by atoms with van der Waals surface area (Å²) in [6, 6.07) is 38.0. The Morgan fingerprint density at radius 1 is 0.466 bits per heavy atom. The van der Waals surface area contributed by atoms with Crippen molar-refractivity contribution in [2.24, 2.45) is 39.2 Å². The van der Waals surface area contributed by atoms with Crippen molar-refractivity contribution in [3.63, 3.8) is 0 Å². The molecule has 0 spiro atoms. The lowest BCUT2D eigenvalue weighted by atomic mass is 9.44. The molecule has 6 fully saturated rings. The molecule has 0 aromatic heterocycles. The SMILES string of the molecule is CC(=O)O[C@H]1C(=O)[C@@]2(C)C([C@H](OC(=O)c3ccccc3)[C@]3(O)C[C@H](OC(=O)[C@H](O)[C@@H](N)c4ccccc4)C(C)=C1C3(C)C)[C@]1(OC(C)=O)CO[C@@H]1C[C@@H]2O.CC(=O)O[C@H]1C(=O)[C@@]2(C)C([C@H](OC(=O)c3ccccc3)[C@]3(O)C[C@H](OC(=O)[C@H](O)[C@@H](NC(=O)c4ccccc4)c4ccccc4)C(C)=C1C3(C)C)[C@]1(OC(C)=O)CO[C@@H]1C[C@@H]2O. The Morgan fingerprint density at radius 2 is 0.802 bits per heavy atom. The average molecular weight is 1600 g/mol. The molecule has 29 nitrogen and oxygen atoms in total. The van der Waals surface area contributed by atoms with Crippen LogP contribution in [0.5, 0.6) is 0 Å². The van der Waals surface area contributed by atoms with Gasteiger partial charge in [0.2, 0.25) is 0 Å². The summed E-state index contributed by atoms with van der Waals surface area (Å²) in [4.78, 5) is 152. The molecule has 2 aliphatic heterocycles. The van der Waals surface area contributed by atoms with E-state index in [9.17, 15) is 73.8 Å². The van der Waals surface area contributed by atoms with Crippen molar-refractivity contribution in [1.82, 2.24) is 5.32 Å². The molecule has 5 aromatic carbocycles. The summed E-state index contributed by atoms with van der Waals surface area (Å²) in [5.74, 6) is -12.9. The molecule has 2 saturated heterocycles. The van der Waals surface area contributed by atoms with Gasteiger partial charge in [-0.05, 0) is 97.5 Å². The standard InChI is InChI=1S/C47H51NO14.C40H47NO13/c1-25-31(60-43(56)36(52)35(28-16-10-7-11-17-28)48-41(54)29-18-12-8-13-19-29)23-47(57)40(61-42(55)30-20-14-9-15-21-30)38-45(6,32(51)22-33-46(38,24-58-33)62-27(3)50)39(53)37(59-26(2)49)34(25)44(47,4)5;1-20-25(52-36(48)30(45)29(41)23-13-9-7-10-14-23)18-40(49)34(53-35(47)24-15-11-8-12-16-24)32-38(6,26(44)17-27-39(32,19-50-27)54-22(3)43)33(46)31(51-21(2)42)28(20)37(40,4)5/h7-21,31-33,35-38,40,51-52,57H,22-24H2,1-6H3,(H,48,54);7-16,25-27,29-32,34,44-45,49H,17-19,41H2,1-6H3/t31-,32-,33+,35-,36+,37+,38?,40-,45+,46-,47+;25-,26-,27+,29-,30+,31+,32?,34-,38+,39-,40+/m00/s1. The largest absolute Gasteiger partial charge is 0.456 e. The number of Topliss-reactive ketones (excluding diaryl/α,β-unsaturated/α-hetero) is 2. The molecule has 29 heteroatoms. The van der Waals surface area contributed by atoms with Crippen LogP contribution in [0.1, 0.15) is 163 Å². The van der Waals surface area contributed by atoms with Crippen LogP contribution in [0.15, 0.2) is 174 Å². The molecule has 0 radical (unpaired) electrons. The molecule has 4 saturated carbocycles. The van der Waals surface area contributed by atoms with Gasteiger partial charge in [0, 0.05) is 69.8 Å². The number of nitrogens with two attached hydrogens (primary N) is 1. The number of nitrogens with one attached hydrogen (secondary N) is 1. The number of ketones is 2. The highest BCUT2D eigenvalue weighted by Crippen LogP contribution is 2.67. The highest BCUT2D eigenvalue weighted by molar-refractivity contribution is 5.98. The summed E-state index contributed by atoms with van der Waals surface area (Å²) >= 11 is 0. The van der Waals surface area contributed by atoms with E-state index in [2.05, 4.69) is 5.32 Å². The number of amides is 1. The molecule has 1 amide bonds. The first kappa shape index (κ1) is 85.2. The van der Waals surface area contributed by atoms with Crippen LogP contribution < -0.4 is 11.1 Å². The predicted octanol–water partition coefficient (Wildman–Crippen LogP) is 6.00. The number of hydrogen-bond acceptors (Lipinski definition) is 28. The van der Waals surface area contributed by atoms with Crippen molar-refractivity contribution in [2.45, 2.75) is 217 Å². The third kappa shape index (κ3) is 14.4. The highest BCUT2D eigenvalue weighted by atomic mass is 16.7. The molecule has 5 aromatic rings. The van der Waals surface area contributed by atoms with Crippen molar-refractivity contribution in [3.05, 3.63) is 202 Å². The van der Waals surface area contributed by atoms with E-state index in [1.54, 1.807) is 162 Å². The lowest BCUT2D eigenvalue weighted by Gasteiger charge is -2.67. The molecular formula is C87H98N2O27. The zero-order valence-electron chi connectivity index (χ0n) is 66.2. The van der Waals surface area contributed by atoms with Gasteiger partial charge in [-0.25, -0.2) is 19.2 Å². The first-order valence-corrected chi connectivity index (χ1v) is 38.4. The van der Waals surface area contributed by atoms with Gasteiger partial charge in [0.15, 0.2) is 47.2 Å². The minimum atomic E-state index is -2.39. The number of ether oxygens (including phenoxy) is 10. The maximum Gasteiger partial charge on any atom is 0.338 e. The molecule has 6 aliphatic carbocycles. The van der Waals surface area contributed by atoms with Crippen LogP contribution in [0.25, 0.3) is 0 Å². The van der Waals surface area contributed by atoms with Gasteiger partial charge in [0.05, 0.1) is 71.3 Å². The highest BCUT2D eigenvalue weighted by Gasteiger charge is 2.81. The van der Waals surface area contributed by atoms with Gasteiger partial charge in [0.1, 0.15) is 47.8 Å². The molecule has 4 bridgehead atoms. The van der Waals surface area contributed by atoms with Gasteiger partial charge in [0.25, 0.3) is 5.91 Å². The first-order valence-electron chi connectivity index (χ1n) is 38.4. The van der Waals surface area contributed by atoms with E-state index in [0.29, 0.717) is 11.1 Å². The smallest absolute Gasteiger partial charge is 0.338 e. The molecule has 2 unspecified atom stereocenters. The van der Waals surface area contributed by atoms with Gasteiger partial charge in [-0.15, -0.1) is 0 Å². The van der Waals surface area contributed by atoms with Crippen LogP contribution >= 0.6 is 0 Å². The minimum absolute atomic E-state index is 0.00289. The normalized spacial score (nSPS) is 33.3. The predicted molar refractivity (Wildman–Crippen MR) is 406 cm³/mol. The Bertz CT molecular complexity index is 4730. The Morgan fingerprint density at radius 3 is 1.14 bits per heavy atom. The molecular weight excluding hydrogens is 1500 g/mol. The summed E-state index contributed by atoms with van der Waals surface area (Å²) in [5, 5.41) is 76.7. The molecule has 22 atom stereocenters. The van der Waals surface area contributed by atoms with Gasteiger partial charge in [-0.1, -0.05) is 143 Å². The molecule has 9 N–H and O–H groups in total. The number of carbonyl (C=O) groups excluding carboxylic acids is 11. The maximum absolute atomic E-state index is 15.5. The second-order valence-corrected chi connectivity index (χ2v) is 32.9. The number of carbonyl (C=O) groups is 11. The summed E-state index contributed by atoms with van der Waals surface area (Å²) in [6.45, 7) is 16.1. The Kier molecular flexibility index (Phi) is 23.5. The fourth-order valence-corrected chi connectivity index (χ4v) is 19.4. The van der Waals surface area contributed by atoms with Gasteiger partial charge < -0.3 is 89.1 Å². The van der Waals surface area contributed by atoms with E-state index >= 15 is 9.59 Å². The Balaban J connectivity index is 0.000000216. The van der Waals surface area contributed by atoms with Crippen molar-refractivity contribution >= 4 is 65.2 Å². The number of hydrogen-bond donors (Lipinski definition) is 8. The fourth-order valence-electron chi connectivity index (χ4n) is 19.4. The summed E-state index contributed by atoms with van der Waals surface area (Å²) < 4.78 is 60.2. The van der Waals surface area contributed by atoms with Crippen LogP contribution in [0.4, 0.5) is 0 Å². The number of rotatable bonds is 18. The molecule has 116 heavy (non-hydrogen) atoms. The van der Waals surface area contributed by atoms with E-state index in [0.717, 1.165) is 27.7 Å². The van der Waals surface area contributed by atoms with Gasteiger partial charge in [-0.3, -0.25) is 33.6 Å². The van der Waals surface area contributed by atoms with Crippen LogP contribution in [0, 0.1) is 33.5 Å². The summed E-state index contributed by atoms with van der Waals surface area (Å²) in [7, 11) is 0. The molecule has 8 aliphatic rings. The van der Waals surface area contributed by atoms with Crippen molar-refractivity contribution in [1.29, 1.82) is 0 Å². The third-order valence-electron chi connectivity index (χ3n) is 25.7. The number of aliphatic hydroxyl groups excluding tert-OH is 4. The first-order chi connectivity index (χ1) is 54.6.